The third-order valence-corrected chi connectivity index (χ3v) is 2.37. The lowest BCUT2D eigenvalue weighted by atomic mass is 10.1. The highest BCUT2D eigenvalue weighted by atomic mass is 19.3. The van der Waals surface area contributed by atoms with Crippen LogP contribution in [0.4, 0.5) is 8.78 Å². The Morgan fingerprint density at radius 2 is 1.62 bits per heavy atom. The zero-order chi connectivity index (χ0) is 13.0. The van der Waals surface area contributed by atoms with Crippen LogP contribution >= 0.6 is 0 Å². The molecule has 1 unspecified atom stereocenters. The van der Waals surface area contributed by atoms with E-state index in [0.29, 0.717) is 0 Å². The molecule has 0 saturated heterocycles. The molecule has 0 bridgehead atoms. The minimum absolute atomic E-state index is 0.138. The van der Waals surface area contributed by atoms with Crippen LogP contribution in [-0.4, -0.2) is 30.7 Å². The van der Waals surface area contributed by atoms with E-state index in [-0.39, 0.29) is 24.1 Å². The molecule has 4 heteroatoms. The SMILES string of the molecule is CC(C)C(C)OCC(F)(F)CNC(C)(C)C. The van der Waals surface area contributed by atoms with Gasteiger partial charge in [0.1, 0.15) is 6.61 Å². The van der Waals surface area contributed by atoms with Gasteiger partial charge in [-0.1, -0.05) is 13.8 Å². The predicted molar refractivity (Wildman–Crippen MR) is 63.0 cm³/mol. The molecule has 0 rings (SSSR count). The number of halogens is 2. The topological polar surface area (TPSA) is 21.3 Å². The van der Waals surface area contributed by atoms with E-state index in [4.69, 9.17) is 4.74 Å². The molecule has 1 N–H and O–H groups in total. The van der Waals surface area contributed by atoms with E-state index in [1.54, 1.807) is 0 Å². The maximum Gasteiger partial charge on any atom is 0.283 e. The molecule has 98 valence electrons. The van der Waals surface area contributed by atoms with E-state index < -0.39 is 12.5 Å². The number of ether oxygens (including phenoxy) is 1. The van der Waals surface area contributed by atoms with Gasteiger partial charge in [-0.15, -0.1) is 0 Å². The van der Waals surface area contributed by atoms with Gasteiger partial charge in [-0.2, -0.15) is 0 Å². The molecule has 0 spiro atoms. The molecule has 2 nitrogen and oxygen atoms in total. The largest absolute Gasteiger partial charge is 0.372 e. The van der Waals surface area contributed by atoms with Gasteiger partial charge in [0.05, 0.1) is 12.6 Å². The summed E-state index contributed by atoms with van der Waals surface area (Å²) in [6, 6.07) is 0. The third kappa shape index (κ3) is 7.99. The first-order chi connectivity index (χ1) is 7.03. The van der Waals surface area contributed by atoms with Crippen LogP contribution in [0.3, 0.4) is 0 Å². The molecule has 0 aliphatic rings. The number of hydrogen-bond acceptors (Lipinski definition) is 2. The van der Waals surface area contributed by atoms with Crippen molar-refractivity contribution < 1.29 is 13.5 Å². The Balaban J connectivity index is 3.96. The number of nitrogens with one attached hydrogen (secondary N) is 1. The summed E-state index contributed by atoms with van der Waals surface area (Å²) in [5.41, 5.74) is -0.299. The van der Waals surface area contributed by atoms with Gasteiger partial charge in [0.2, 0.25) is 0 Å². The number of alkyl halides is 2. The Kier molecular flexibility index (Phi) is 5.84. The molecular weight excluding hydrogens is 212 g/mol. The molecule has 0 aromatic carbocycles. The van der Waals surface area contributed by atoms with E-state index in [9.17, 15) is 8.78 Å². The summed E-state index contributed by atoms with van der Waals surface area (Å²) >= 11 is 0. The second kappa shape index (κ2) is 5.92. The average molecular weight is 237 g/mol. The van der Waals surface area contributed by atoms with Crippen LogP contribution in [0.2, 0.25) is 0 Å². The number of hydrogen-bond donors (Lipinski definition) is 1. The summed E-state index contributed by atoms with van der Waals surface area (Å²) in [7, 11) is 0. The summed E-state index contributed by atoms with van der Waals surface area (Å²) in [6.45, 7) is 10.4. The maximum absolute atomic E-state index is 13.4. The normalized spacial score (nSPS) is 15.6. The average Bonchev–Trinajstić information content (AvgIpc) is 2.10. The third-order valence-electron chi connectivity index (χ3n) is 2.37. The fourth-order valence-electron chi connectivity index (χ4n) is 0.891. The van der Waals surface area contributed by atoms with E-state index in [1.807, 2.05) is 41.5 Å². The van der Waals surface area contributed by atoms with Crippen molar-refractivity contribution >= 4 is 0 Å². The predicted octanol–water partition coefficient (Wildman–Crippen LogP) is 3.07. The monoisotopic (exact) mass is 237 g/mol. The summed E-state index contributed by atoms with van der Waals surface area (Å²) in [6.07, 6.45) is -0.138. The van der Waals surface area contributed by atoms with Crippen molar-refractivity contribution in [3.8, 4) is 0 Å². The standard InChI is InChI=1S/C12H25F2NO/c1-9(2)10(3)16-8-12(13,14)7-15-11(4,5)6/h9-10,15H,7-8H2,1-6H3. The molecule has 0 radical (unpaired) electrons. The van der Waals surface area contributed by atoms with Crippen molar-refractivity contribution in [2.24, 2.45) is 5.92 Å². The van der Waals surface area contributed by atoms with Crippen molar-refractivity contribution in [3.63, 3.8) is 0 Å². The smallest absolute Gasteiger partial charge is 0.283 e. The highest BCUT2D eigenvalue weighted by molar-refractivity contribution is 4.77. The van der Waals surface area contributed by atoms with Crippen LogP contribution in [0.1, 0.15) is 41.5 Å². The van der Waals surface area contributed by atoms with Gasteiger partial charge >= 0.3 is 0 Å². The Labute approximate surface area is 97.7 Å². The Morgan fingerprint density at radius 1 is 1.12 bits per heavy atom. The molecule has 0 amide bonds. The molecule has 0 saturated carbocycles. The van der Waals surface area contributed by atoms with Crippen LogP contribution in [0.15, 0.2) is 0 Å². The molecule has 1 atom stereocenters. The molecule has 0 heterocycles. The molecule has 0 aliphatic carbocycles. The van der Waals surface area contributed by atoms with Crippen LogP contribution in [0.5, 0.6) is 0 Å². The van der Waals surface area contributed by atoms with Gasteiger partial charge in [0, 0.05) is 5.54 Å². The van der Waals surface area contributed by atoms with E-state index in [2.05, 4.69) is 5.32 Å². The molecule has 16 heavy (non-hydrogen) atoms. The summed E-state index contributed by atoms with van der Waals surface area (Å²) in [5.74, 6) is -2.55. The van der Waals surface area contributed by atoms with E-state index >= 15 is 0 Å². The van der Waals surface area contributed by atoms with Crippen LogP contribution in [0, 0.1) is 5.92 Å². The van der Waals surface area contributed by atoms with Crippen molar-refractivity contribution in [3.05, 3.63) is 0 Å². The Bertz CT molecular complexity index is 200. The van der Waals surface area contributed by atoms with Crippen molar-refractivity contribution in [2.75, 3.05) is 13.2 Å². The highest BCUT2D eigenvalue weighted by Crippen LogP contribution is 2.17. The van der Waals surface area contributed by atoms with Crippen molar-refractivity contribution in [1.82, 2.24) is 5.32 Å². The van der Waals surface area contributed by atoms with Crippen molar-refractivity contribution in [1.29, 1.82) is 0 Å². The fraction of sp³-hybridized carbons (Fsp3) is 1.00. The van der Waals surface area contributed by atoms with Gasteiger partial charge in [0.25, 0.3) is 5.92 Å². The lowest BCUT2D eigenvalue weighted by Crippen LogP contribution is -2.46. The molecule has 0 aromatic heterocycles. The second-order valence-electron chi connectivity index (χ2n) is 5.72. The lowest BCUT2D eigenvalue weighted by molar-refractivity contribution is -0.104. The van der Waals surface area contributed by atoms with Gasteiger partial charge in [-0.25, -0.2) is 8.78 Å². The summed E-state index contributed by atoms with van der Waals surface area (Å²) in [5, 5.41) is 2.79. The van der Waals surface area contributed by atoms with Gasteiger partial charge in [-0.3, -0.25) is 0 Å². The zero-order valence-electron chi connectivity index (χ0n) is 11.2. The van der Waals surface area contributed by atoms with E-state index in [0.717, 1.165) is 0 Å². The fourth-order valence-corrected chi connectivity index (χ4v) is 0.891. The molecule has 0 aliphatic heterocycles. The quantitative estimate of drug-likeness (QED) is 0.766. The minimum Gasteiger partial charge on any atom is -0.372 e. The Morgan fingerprint density at radius 3 is 2.00 bits per heavy atom. The lowest BCUT2D eigenvalue weighted by Gasteiger charge is -2.26. The Hall–Kier alpha value is -0.220. The summed E-state index contributed by atoms with van der Waals surface area (Å²) < 4.78 is 31.9. The summed E-state index contributed by atoms with van der Waals surface area (Å²) in [4.78, 5) is 0. The van der Waals surface area contributed by atoms with Gasteiger partial charge < -0.3 is 10.1 Å². The highest BCUT2D eigenvalue weighted by Gasteiger charge is 2.31. The maximum atomic E-state index is 13.4. The molecular formula is C12H25F2NO. The van der Waals surface area contributed by atoms with Gasteiger partial charge in [-0.05, 0) is 33.6 Å². The first kappa shape index (κ1) is 15.8. The van der Waals surface area contributed by atoms with Crippen LogP contribution < -0.4 is 5.32 Å². The van der Waals surface area contributed by atoms with Crippen LogP contribution in [-0.2, 0) is 4.74 Å². The van der Waals surface area contributed by atoms with Crippen molar-refractivity contribution in [2.45, 2.75) is 59.1 Å². The molecule has 0 fully saturated rings. The van der Waals surface area contributed by atoms with Crippen LogP contribution in [0.25, 0.3) is 0 Å². The molecule has 0 aromatic rings. The van der Waals surface area contributed by atoms with Gasteiger partial charge in [0.15, 0.2) is 0 Å². The minimum atomic E-state index is -2.81. The zero-order valence-corrected chi connectivity index (χ0v) is 11.2. The second-order valence-corrected chi connectivity index (χ2v) is 5.72. The number of rotatable bonds is 6. The first-order valence-electron chi connectivity index (χ1n) is 5.78. The first-order valence-corrected chi connectivity index (χ1v) is 5.78. The van der Waals surface area contributed by atoms with E-state index in [1.165, 1.54) is 0 Å².